The Hall–Kier alpha value is -3.23. The number of carbonyl (C=O) groups excluding carboxylic acids is 2. The maximum atomic E-state index is 15.2. The minimum Gasteiger partial charge on any atom is -0.357 e. The monoisotopic (exact) mass is 725 g/mol. The van der Waals surface area contributed by atoms with E-state index in [-0.39, 0.29) is 18.7 Å². The van der Waals surface area contributed by atoms with Crippen LogP contribution in [0.5, 0.6) is 0 Å². The maximum Gasteiger partial charge on any atom is 0.253 e. The molecule has 1 N–H and O–H groups in total. The van der Waals surface area contributed by atoms with Crippen molar-refractivity contribution in [1.82, 2.24) is 9.62 Å². The Kier molecular flexibility index (Phi) is 10.5. The minimum absolute atomic E-state index is 0.142. The maximum absolute atomic E-state index is 15.2. The highest BCUT2D eigenvalue weighted by Gasteiger charge is 2.49. The first kappa shape index (κ1) is 35.1. The van der Waals surface area contributed by atoms with Gasteiger partial charge in [0.2, 0.25) is 26.0 Å². The van der Waals surface area contributed by atoms with Gasteiger partial charge in [0, 0.05) is 10.0 Å². The fourth-order valence-corrected chi connectivity index (χ4v) is 8.52. The van der Waals surface area contributed by atoms with Crippen molar-refractivity contribution in [3.05, 3.63) is 99.8 Å². The van der Waals surface area contributed by atoms with Gasteiger partial charge in [-0.3, -0.25) is 18.6 Å². The van der Waals surface area contributed by atoms with Crippen LogP contribution in [0.15, 0.2) is 72.8 Å². The van der Waals surface area contributed by atoms with E-state index in [2.05, 4.69) is 0 Å². The second kappa shape index (κ2) is 14.1. The van der Waals surface area contributed by atoms with Crippen molar-refractivity contribution < 1.29 is 35.6 Å². The normalized spacial score (nSPS) is 20.9. The summed E-state index contributed by atoms with van der Waals surface area (Å²) in [6.07, 6.45) is -1.13. The van der Waals surface area contributed by atoms with Gasteiger partial charge in [-0.1, -0.05) is 66.5 Å². The first-order valence-electron chi connectivity index (χ1n) is 14.9. The molecule has 1 aliphatic carbocycles. The molecule has 1 saturated carbocycles. The van der Waals surface area contributed by atoms with Crippen molar-refractivity contribution in [2.75, 3.05) is 17.1 Å². The third kappa shape index (κ3) is 8.09. The van der Waals surface area contributed by atoms with Crippen molar-refractivity contribution >= 4 is 60.8 Å². The van der Waals surface area contributed by atoms with Crippen molar-refractivity contribution in [2.24, 2.45) is 0 Å². The van der Waals surface area contributed by atoms with E-state index in [9.17, 15) is 26.4 Å². The quantitative estimate of drug-likeness (QED) is 0.265. The summed E-state index contributed by atoms with van der Waals surface area (Å²) in [4.78, 5) is 28.8. The lowest BCUT2D eigenvalue weighted by Gasteiger charge is -2.49. The molecule has 0 bridgehead atoms. The summed E-state index contributed by atoms with van der Waals surface area (Å²) >= 11 is 12.6. The Morgan fingerprint density at radius 2 is 1.68 bits per heavy atom. The van der Waals surface area contributed by atoms with Crippen LogP contribution in [0, 0.1) is 5.82 Å². The molecule has 252 valence electrons. The highest BCUT2D eigenvalue weighted by molar-refractivity contribution is 7.93. The number of ether oxygens (including phenoxy) is 1. The van der Waals surface area contributed by atoms with E-state index in [1.807, 2.05) is 4.72 Å². The van der Waals surface area contributed by atoms with Crippen LogP contribution in [0.25, 0.3) is 0 Å². The number of rotatable bonds is 12. The summed E-state index contributed by atoms with van der Waals surface area (Å²) in [6.45, 7) is 1.48. The molecule has 15 heteroatoms. The van der Waals surface area contributed by atoms with Crippen LogP contribution in [0.3, 0.4) is 0 Å². The lowest BCUT2D eigenvalue weighted by Crippen LogP contribution is -2.58. The number of morpholine rings is 1. The van der Waals surface area contributed by atoms with Crippen LogP contribution >= 0.6 is 23.2 Å². The van der Waals surface area contributed by atoms with Crippen molar-refractivity contribution in [3.8, 4) is 0 Å². The van der Waals surface area contributed by atoms with E-state index in [0.717, 1.165) is 10.6 Å². The topological polar surface area (TPSA) is 130 Å². The van der Waals surface area contributed by atoms with Gasteiger partial charge < -0.3 is 9.64 Å². The summed E-state index contributed by atoms with van der Waals surface area (Å²) in [5.41, 5.74) is 1.000. The largest absolute Gasteiger partial charge is 0.357 e. The standard InChI is InChI=1S/C32H34Cl2FN3O7S2/c1-3-24(19-37(47(43,44)25-15-16-25)27-10-5-4-9-26(27)35)38-30(20-11-13-22(33)14-12-20)31(21-7-6-8-23(34)17-21)45-28(32(38)40)18-29(39)36-46(2,41)42/h4-14,17,24-25,28,30-31H,3,15-16,18-19H2,1-2H3,(H,36,39)/t24-,28+,30-,31-/m1/s1. The van der Waals surface area contributed by atoms with Gasteiger partial charge in [-0.2, -0.15) is 0 Å². The molecule has 0 aromatic heterocycles. The molecule has 5 rings (SSSR count). The second-order valence-corrected chi connectivity index (χ2v) is 16.4. The zero-order chi connectivity index (χ0) is 34.1. The number of hydrogen-bond acceptors (Lipinski definition) is 7. The minimum atomic E-state index is -4.02. The molecule has 3 aromatic carbocycles. The molecule has 3 aromatic rings. The smallest absolute Gasteiger partial charge is 0.253 e. The predicted octanol–water partition coefficient (Wildman–Crippen LogP) is 5.39. The third-order valence-corrected chi connectivity index (χ3v) is 11.5. The van der Waals surface area contributed by atoms with Gasteiger partial charge in [-0.05, 0) is 66.8 Å². The Bertz CT molecular complexity index is 1860. The summed E-state index contributed by atoms with van der Waals surface area (Å²) in [5, 5.41) is 0.133. The Morgan fingerprint density at radius 1 is 1.00 bits per heavy atom. The number of nitrogens with zero attached hydrogens (tertiary/aromatic N) is 2. The average Bonchev–Trinajstić information content (AvgIpc) is 3.86. The number of sulfonamides is 2. The zero-order valence-electron chi connectivity index (χ0n) is 25.6. The molecule has 1 heterocycles. The molecule has 1 saturated heterocycles. The number of benzene rings is 3. The molecule has 10 nitrogen and oxygen atoms in total. The van der Waals surface area contributed by atoms with Gasteiger partial charge in [-0.15, -0.1) is 0 Å². The molecule has 47 heavy (non-hydrogen) atoms. The fourth-order valence-electron chi connectivity index (χ4n) is 5.80. The summed E-state index contributed by atoms with van der Waals surface area (Å²) < 4.78 is 75.8. The molecule has 4 atom stereocenters. The van der Waals surface area contributed by atoms with Gasteiger partial charge in [0.15, 0.2) is 0 Å². The van der Waals surface area contributed by atoms with Crippen LogP contribution < -0.4 is 9.03 Å². The molecular weight excluding hydrogens is 692 g/mol. The van der Waals surface area contributed by atoms with Crippen molar-refractivity contribution in [1.29, 1.82) is 0 Å². The van der Waals surface area contributed by atoms with E-state index < -0.39 is 73.6 Å². The van der Waals surface area contributed by atoms with Gasteiger partial charge >= 0.3 is 0 Å². The first-order valence-corrected chi connectivity index (χ1v) is 19.1. The fraction of sp³-hybridized carbons (Fsp3) is 0.375. The Balaban J connectivity index is 1.65. The van der Waals surface area contributed by atoms with E-state index in [1.54, 1.807) is 55.5 Å². The van der Waals surface area contributed by atoms with E-state index in [0.29, 0.717) is 34.0 Å². The molecule has 2 fully saturated rings. The number of nitrogens with one attached hydrogen (secondary N) is 1. The SMILES string of the molecule is CC[C@H](CN(c1ccccc1F)S(=O)(=O)C1CC1)N1C(=O)[C@H](CC(=O)NS(C)(=O)=O)O[C@H](c2cccc(Cl)c2)[C@H]1c1ccc(Cl)cc1. The summed E-state index contributed by atoms with van der Waals surface area (Å²) in [5.74, 6) is -2.37. The molecule has 0 unspecified atom stereocenters. The highest BCUT2D eigenvalue weighted by atomic mass is 35.5. The van der Waals surface area contributed by atoms with Crippen LogP contribution in [-0.2, 0) is 34.4 Å². The second-order valence-electron chi connectivity index (χ2n) is 11.6. The lowest BCUT2D eigenvalue weighted by atomic mass is 9.89. The number of para-hydroxylation sites is 1. The highest BCUT2D eigenvalue weighted by Crippen LogP contribution is 2.45. The Morgan fingerprint density at radius 3 is 2.28 bits per heavy atom. The van der Waals surface area contributed by atoms with Gasteiger partial charge in [-0.25, -0.2) is 21.2 Å². The van der Waals surface area contributed by atoms with E-state index in [4.69, 9.17) is 27.9 Å². The number of amides is 2. The van der Waals surface area contributed by atoms with Crippen LogP contribution in [0.4, 0.5) is 10.1 Å². The molecular formula is C32H34Cl2FN3O7S2. The number of hydrogen-bond donors (Lipinski definition) is 1. The number of halogens is 3. The first-order chi connectivity index (χ1) is 22.2. The molecule has 2 aliphatic rings. The summed E-state index contributed by atoms with van der Waals surface area (Å²) in [7, 11) is -7.96. The number of anilines is 1. The predicted molar refractivity (Wildman–Crippen MR) is 177 cm³/mol. The van der Waals surface area contributed by atoms with Gasteiger partial charge in [0.1, 0.15) is 18.0 Å². The molecule has 1 aliphatic heterocycles. The van der Waals surface area contributed by atoms with Gasteiger partial charge in [0.05, 0.1) is 42.2 Å². The van der Waals surface area contributed by atoms with Crippen LogP contribution in [0.1, 0.15) is 55.9 Å². The molecule has 0 spiro atoms. The Labute approximate surface area is 283 Å². The van der Waals surface area contributed by atoms with E-state index in [1.165, 1.54) is 29.2 Å². The van der Waals surface area contributed by atoms with Crippen molar-refractivity contribution in [3.63, 3.8) is 0 Å². The zero-order valence-corrected chi connectivity index (χ0v) is 28.7. The van der Waals surface area contributed by atoms with E-state index >= 15 is 4.39 Å². The molecule has 0 radical (unpaired) electrons. The lowest BCUT2D eigenvalue weighted by molar-refractivity contribution is -0.181. The van der Waals surface area contributed by atoms with Crippen molar-refractivity contribution in [2.45, 2.75) is 62.1 Å². The molecule has 2 amide bonds. The van der Waals surface area contributed by atoms with Crippen LogP contribution in [0.2, 0.25) is 10.0 Å². The summed E-state index contributed by atoms with van der Waals surface area (Å²) in [6, 6.07) is 17.3. The van der Waals surface area contributed by atoms with Gasteiger partial charge in [0.25, 0.3) is 5.91 Å². The van der Waals surface area contributed by atoms with Crippen LogP contribution in [-0.4, -0.2) is 63.7 Å². The average molecular weight is 727 g/mol. The number of carbonyl (C=O) groups is 2. The third-order valence-electron chi connectivity index (χ3n) is 8.10.